The zero-order chi connectivity index (χ0) is 18.4. The third-order valence-corrected chi connectivity index (χ3v) is 6.38. The molecule has 140 valence electrons. The summed E-state index contributed by atoms with van der Waals surface area (Å²) in [5, 5.41) is 12.4. The van der Waals surface area contributed by atoms with Gasteiger partial charge in [0.2, 0.25) is 20.0 Å². The third kappa shape index (κ3) is 7.07. The van der Waals surface area contributed by atoms with Crippen LogP contribution in [0.2, 0.25) is 0 Å². The Bertz CT molecular complexity index is 653. The van der Waals surface area contributed by atoms with E-state index in [1.54, 1.807) is 0 Å². The molecule has 2 fully saturated rings. The van der Waals surface area contributed by atoms with Gasteiger partial charge in [-0.1, -0.05) is 5.11 Å². The average Bonchev–Trinajstić information content (AvgIpc) is 2.33. The zero-order valence-corrected chi connectivity index (χ0v) is 15.4. The monoisotopic (exact) mass is 403 g/mol. The Labute approximate surface area is 146 Å². The molecule has 0 atom stereocenters. The van der Waals surface area contributed by atoms with Gasteiger partial charge in [-0.15, -0.1) is 11.6 Å². The smallest absolute Gasteiger partial charge is 0.214 e. The number of hydrogen-bond donors (Lipinski definition) is 2. The van der Waals surface area contributed by atoms with Crippen molar-refractivity contribution in [2.24, 2.45) is 15.4 Å². The summed E-state index contributed by atoms with van der Waals surface area (Å²) >= 11 is 5.45. The number of rotatable bonds is 7. The molecule has 0 aromatic carbocycles. The van der Waals surface area contributed by atoms with Crippen LogP contribution in [-0.2, 0) is 20.0 Å². The van der Waals surface area contributed by atoms with E-state index in [0.717, 1.165) is 6.54 Å². The van der Waals surface area contributed by atoms with Crippen LogP contribution in [0, 0.1) is 0 Å². The lowest BCUT2D eigenvalue weighted by molar-refractivity contribution is 0.190. The number of halogens is 1. The molecule has 0 amide bonds. The van der Waals surface area contributed by atoms with Crippen molar-refractivity contribution in [3.63, 3.8) is 0 Å². The molecule has 0 saturated carbocycles. The summed E-state index contributed by atoms with van der Waals surface area (Å²) < 4.78 is 42.9. The molecule has 0 bridgehead atoms. The van der Waals surface area contributed by atoms with Gasteiger partial charge >= 0.3 is 0 Å². The Balaban J connectivity index is 0.000000243. The molecule has 2 saturated heterocycles. The van der Waals surface area contributed by atoms with Crippen LogP contribution in [0.5, 0.6) is 0 Å². The summed E-state index contributed by atoms with van der Waals surface area (Å²) in [5.41, 5.74) is 7.98. The summed E-state index contributed by atoms with van der Waals surface area (Å²) in [6.07, 6.45) is 0. The largest absolute Gasteiger partial charge is 0.300 e. The molecule has 0 aliphatic carbocycles. The lowest BCUT2D eigenvalue weighted by Gasteiger charge is -2.37. The fourth-order valence-corrected chi connectivity index (χ4v) is 4.09. The maximum Gasteiger partial charge on any atom is 0.214 e. The first kappa shape index (κ1) is 21.4. The molecule has 0 aromatic rings. The first-order valence-electron chi connectivity index (χ1n) is 7.12. The van der Waals surface area contributed by atoms with E-state index in [2.05, 4.69) is 10.0 Å². The SMILES string of the molecule is NS(=O)(=O)C1CN(CCCl)C1.[N-]=[N+]=NCCN1CC(S(N)(=O)=O)C1. The highest BCUT2D eigenvalue weighted by atomic mass is 35.5. The Kier molecular flexibility index (Phi) is 8.15. The Morgan fingerprint density at radius 3 is 1.75 bits per heavy atom. The molecule has 24 heavy (non-hydrogen) atoms. The highest BCUT2D eigenvalue weighted by Gasteiger charge is 2.35. The number of azide groups is 1. The minimum absolute atomic E-state index is 0.369. The van der Waals surface area contributed by atoms with Crippen LogP contribution >= 0.6 is 11.6 Å². The van der Waals surface area contributed by atoms with Crippen molar-refractivity contribution in [2.45, 2.75) is 10.5 Å². The van der Waals surface area contributed by atoms with Crippen LogP contribution in [0.25, 0.3) is 10.4 Å². The molecule has 0 spiro atoms. The molecule has 11 nitrogen and oxygen atoms in total. The van der Waals surface area contributed by atoms with Crippen molar-refractivity contribution < 1.29 is 16.8 Å². The topological polar surface area (TPSA) is 176 Å². The fraction of sp³-hybridized carbons (Fsp3) is 1.00. The zero-order valence-electron chi connectivity index (χ0n) is 13.0. The van der Waals surface area contributed by atoms with E-state index in [1.807, 2.05) is 9.80 Å². The number of likely N-dealkylation sites (tertiary alicyclic amines) is 2. The van der Waals surface area contributed by atoms with Gasteiger partial charge in [-0.3, -0.25) is 4.90 Å². The van der Waals surface area contributed by atoms with Crippen molar-refractivity contribution in [1.82, 2.24) is 9.80 Å². The van der Waals surface area contributed by atoms with Crippen LogP contribution < -0.4 is 10.3 Å². The minimum Gasteiger partial charge on any atom is -0.300 e. The number of hydrogen-bond acceptors (Lipinski definition) is 7. The van der Waals surface area contributed by atoms with Crippen LogP contribution in [0.15, 0.2) is 5.11 Å². The van der Waals surface area contributed by atoms with E-state index in [9.17, 15) is 16.8 Å². The van der Waals surface area contributed by atoms with Gasteiger partial charge in [0, 0.05) is 56.6 Å². The van der Waals surface area contributed by atoms with Gasteiger partial charge in [0.15, 0.2) is 0 Å². The third-order valence-electron chi connectivity index (χ3n) is 3.76. The van der Waals surface area contributed by atoms with Gasteiger partial charge < -0.3 is 4.90 Å². The quantitative estimate of drug-likeness (QED) is 0.225. The van der Waals surface area contributed by atoms with Crippen molar-refractivity contribution >= 4 is 31.6 Å². The molecule has 14 heteroatoms. The number of alkyl halides is 1. The van der Waals surface area contributed by atoms with Crippen molar-refractivity contribution in [3.8, 4) is 0 Å². The number of nitrogens with two attached hydrogens (primary N) is 2. The van der Waals surface area contributed by atoms with Crippen LogP contribution in [-0.4, -0.2) is 88.8 Å². The molecule has 0 radical (unpaired) electrons. The second kappa shape index (κ2) is 9.15. The fourth-order valence-electron chi connectivity index (χ4n) is 2.18. The predicted molar refractivity (Wildman–Crippen MR) is 91.4 cm³/mol. The van der Waals surface area contributed by atoms with Crippen LogP contribution in [0.3, 0.4) is 0 Å². The molecule has 2 heterocycles. The van der Waals surface area contributed by atoms with Gasteiger partial charge in [0.05, 0.1) is 0 Å². The standard InChI is InChI=1S/C5H11ClN2O2S.C5H11N5O2S/c6-1-2-8-3-5(4-8)11(7,9)10;6-9-8-1-2-10-3-5(4-10)13(7,11)12/h5H,1-4H2,(H2,7,9,10);5H,1-4H2,(H2,7,11,12). The molecule has 0 aromatic heterocycles. The summed E-state index contributed by atoms with van der Waals surface area (Å²) in [6, 6.07) is 0. The lowest BCUT2D eigenvalue weighted by Crippen LogP contribution is -2.56. The van der Waals surface area contributed by atoms with Crippen LogP contribution in [0.1, 0.15) is 0 Å². The Hall–Kier alpha value is -0.660. The van der Waals surface area contributed by atoms with E-state index in [0.29, 0.717) is 45.1 Å². The van der Waals surface area contributed by atoms with E-state index in [-0.39, 0.29) is 5.25 Å². The molecule has 2 rings (SSSR count). The average molecular weight is 404 g/mol. The lowest BCUT2D eigenvalue weighted by atomic mass is 10.2. The van der Waals surface area contributed by atoms with E-state index < -0.39 is 25.3 Å². The summed E-state index contributed by atoms with van der Waals surface area (Å²) in [7, 11) is -6.68. The van der Waals surface area contributed by atoms with E-state index in [1.165, 1.54) is 0 Å². The Morgan fingerprint density at radius 1 is 1.00 bits per heavy atom. The van der Waals surface area contributed by atoms with Crippen molar-refractivity contribution in [1.29, 1.82) is 0 Å². The van der Waals surface area contributed by atoms with Crippen LogP contribution in [0.4, 0.5) is 0 Å². The molecule has 0 unspecified atom stereocenters. The van der Waals surface area contributed by atoms with E-state index >= 15 is 0 Å². The van der Waals surface area contributed by atoms with Gasteiger partial charge in [-0.2, -0.15) is 0 Å². The number of primary sulfonamides is 2. The van der Waals surface area contributed by atoms with Crippen molar-refractivity contribution in [3.05, 3.63) is 10.4 Å². The molecular formula is C10H22ClN7O4S2. The first-order chi connectivity index (χ1) is 11.1. The molecular weight excluding hydrogens is 382 g/mol. The summed E-state index contributed by atoms with van der Waals surface area (Å²) in [6.45, 7) is 3.66. The second-order valence-electron chi connectivity index (χ2n) is 5.58. The highest BCUT2D eigenvalue weighted by Crippen LogP contribution is 2.13. The molecule has 4 N–H and O–H groups in total. The number of nitrogens with zero attached hydrogens (tertiary/aromatic N) is 5. The summed E-state index contributed by atoms with van der Waals surface area (Å²) in [4.78, 5) is 6.43. The maximum atomic E-state index is 10.8. The normalized spacial score (nSPS) is 20.3. The highest BCUT2D eigenvalue weighted by molar-refractivity contribution is 7.90. The minimum atomic E-state index is -3.37. The molecule has 2 aliphatic rings. The van der Waals surface area contributed by atoms with Crippen molar-refractivity contribution in [2.75, 3.05) is 51.7 Å². The molecule has 2 aliphatic heterocycles. The number of sulfonamides is 2. The maximum absolute atomic E-state index is 10.8. The van der Waals surface area contributed by atoms with Gasteiger partial charge in [-0.25, -0.2) is 27.1 Å². The van der Waals surface area contributed by atoms with Gasteiger partial charge in [0.25, 0.3) is 0 Å². The van der Waals surface area contributed by atoms with E-state index in [4.69, 9.17) is 27.4 Å². The first-order valence-corrected chi connectivity index (χ1v) is 10.9. The second-order valence-corrected chi connectivity index (χ2v) is 9.65. The predicted octanol–water partition coefficient (Wildman–Crippen LogP) is -1.53. The van der Waals surface area contributed by atoms with Gasteiger partial charge in [0.1, 0.15) is 10.5 Å². The van der Waals surface area contributed by atoms with Gasteiger partial charge in [-0.05, 0) is 5.53 Å². The Morgan fingerprint density at radius 2 is 1.42 bits per heavy atom. The summed E-state index contributed by atoms with van der Waals surface area (Å²) in [5.74, 6) is 0.539.